The van der Waals surface area contributed by atoms with E-state index >= 15 is 0 Å². The third-order valence-corrected chi connectivity index (χ3v) is 1.69. The minimum Gasteiger partial charge on any atom is -0.392 e. The van der Waals surface area contributed by atoms with Crippen LogP contribution in [0.25, 0.3) is 0 Å². The molecule has 0 saturated heterocycles. The van der Waals surface area contributed by atoms with Crippen LogP contribution in [-0.2, 0) is 0 Å². The van der Waals surface area contributed by atoms with Crippen LogP contribution in [0.5, 0.6) is 0 Å². The number of nitrogens with one attached hydrogen (secondary N) is 1. The van der Waals surface area contributed by atoms with E-state index in [2.05, 4.69) is 17.5 Å². The molecule has 0 aliphatic rings. The Morgan fingerprint density at radius 3 is 2.33 bits per heavy atom. The van der Waals surface area contributed by atoms with Crippen LogP contribution in [0.2, 0.25) is 0 Å². The van der Waals surface area contributed by atoms with Gasteiger partial charge in [0.2, 0.25) is 0 Å². The summed E-state index contributed by atoms with van der Waals surface area (Å²) in [4.78, 5) is 11.4. The van der Waals surface area contributed by atoms with Gasteiger partial charge in [0.25, 0.3) is 5.91 Å². The van der Waals surface area contributed by atoms with Crippen LogP contribution in [0.15, 0.2) is 18.2 Å². The van der Waals surface area contributed by atoms with Crippen molar-refractivity contribution in [3.05, 3.63) is 35.4 Å². The summed E-state index contributed by atoms with van der Waals surface area (Å²) < 4.78 is 25.4. The lowest BCUT2D eigenvalue weighted by molar-refractivity contribution is 0.0958. The third kappa shape index (κ3) is 3.59. The first kappa shape index (κ1) is 11.5. The summed E-state index contributed by atoms with van der Waals surface area (Å²) in [6, 6.07) is 2.54. The molecule has 1 rings (SSSR count). The molecule has 1 aromatic rings. The van der Waals surface area contributed by atoms with E-state index in [1.165, 1.54) is 0 Å². The smallest absolute Gasteiger partial charge is 0.251 e. The molecule has 6 heteroatoms. The van der Waals surface area contributed by atoms with Crippen molar-refractivity contribution >= 4 is 23.1 Å². The molecule has 0 unspecified atom stereocenters. The first-order chi connectivity index (χ1) is 6.99. The molecule has 15 heavy (non-hydrogen) atoms. The number of amides is 1. The summed E-state index contributed by atoms with van der Waals surface area (Å²) >= 11 is 4.53. The molecule has 0 atom stereocenters. The second kappa shape index (κ2) is 4.79. The fraction of sp³-hybridized carbons (Fsp3) is 0.111. The Morgan fingerprint density at radius 1 is 1.33 bits per heavy atom. The van der Waals surface area contributed by atoms with E-state index in [9.17, 15) is 13.6 Å². The Kier molecular flexibility index (Phi) is 3.68. The summed E-state index contributed by atoms with van der Waals surface area (Å²) in [5.74, 6) is -2.24. The van der Waals surface area contributed by atoms with Crippen LogP contribution in [-0.4, -0.2) is 17.4 Å². The van der Waals surface area contributed by atoms with Crippen molar-refractivity contribution in [3.63, 3.8) is 0 Å². The van der Waals surface area contributed by atoms with Gasteiger partial charge in [-0.05, 0) is 12.1 Å². The predicted octanol–water partition coefficient (Wildman–Crippen LogP) is 0.981. The molecule has 0 aliphatic heterocycles. The standard InChI is InChI=1S/C9H8F2N2OS/c10-6-1-5(2-7(11)3-6)9(14)13-4-8(12)15/h1-3H,4H2,(H2,12,15)(H,13,14). The van der Waals surface area contributed by atoms with Gasteiger partial charge in [-0.1, -0.05) is 12.2 Å². The number of carbonyl (C=O) groups is 1. The van der Waals surface area contributed by atoms with Gasteiger partial charge in [-0.3, -0.25) is 4.79 Å². The highest BCUT2D eigenvalue weighted by atomic mass is 32.1. The molecule has 0 spiro atoms. The maximum atomic E-state index is 12.7. The summed E-state index contributed by atoms with van der Waals surface area (Å²) in [7, 11) is 0. The molecular formula is C9H8F2N2OS. The van der Waals surface area contributed by atoms with Crippen LogP contribution >= 0.6 is 12.2 Å². The Bertz CT molecular complexity index is 389. The van der Waals surface area contributed by atoms with Crippen molar-refractivity contribution in [2.75, 3.05) is 6.54 Å². The predicted molar refractivity (Wildman–Crippen MR) is 55.5 cm³/mol. The first-order valence-corrected chi connectivity index (χ1v) is 4.42. The van der Waals surface area contributed by atoms with Gasteiger partial charge in [-0.15, -0.1) is 0 Å². The SMILES string of the molecule is NC(=S)CNC(=O)c1cc(F)cc(F)c1. The molecule has 3 nitrogen and oxygen atoms in total. The number of carbonyl (C=O) groups excluding carboxylic acids is 1. The molecule has 0 aliphatic carbocycles. The number of halogens is 2. The minimum atomic E-state index is -0.810. The fourth-order valence-electron chi connectivity index (χ4n) is 0.954. The zero-order chi connectivity index (χ0) is 11.4. The van der Waals surface area contributed by atoms with Crippen LogP contribution in [0.1, 0.15) is 10.4 Å². The number of rotatable bonds is 3. The largest absolute Gasteiger partial charge is 0.392 e. The van der Waals surface area contributed by atoms with Crippen molar-refractivity contribution in [3.8, 4) is 0 Å². The van der Waals surface area contributed by atoms with Gasteiger partial charge in [-0.2, -0.15) is 0 Å². The quantitative estimate of drug-likeness (QED) is 0.761. The van der Waals surface area contributed by atoms with E-state index < -0.39 is 17.5 Å². The normalized spacial score (nSPS) is 9.73. The molecule has 0 bridgehead atoms. The zero-order valence-electron chi connectivity index (χ0n) is 7.59. The molecule has 0 fully saturated rings. The average Bonchev–Trinajstić information content (AvgIpc) is 2.12. The summed E-state index contributed by atoms with van der Waals surface area (Å²) in [6.07, 6.45) is 0. The third-order valence-electron chi connectivity index (χ3n) is 1.55. The molecule has 80 valence electrons. The summed E-state index contributed by atoms with van der Waals surface area (Å²) in [6.45, 7) is -0.00764. The lowest BCUT2D eigenvalue weighted by atomic mass is 10.2. The highest BCUT2D eigenvalue weighted by Gasteiger charge is 2.08. The Labute approximate surface area is 90.3 Å². The van der Waals surface area contributed by atoms with Crippen molar-refractivity contribution in [1.82, 2.24) is 5.32 Å². The van der Waals surface area contributed by atoms with Gasteiger partial charge >= 0.3 is 0 Å². The summed E-state index contributed by atoms with van der Waals surface area (Å²) in [5, 5.41) is 2.31. The van der Waals surface area contributed by atoms with Gasteiger partial charge in [0.15, 0.2) is 0 Å². The van der Waals surface area contributed by atoms with E-state index in [4.69, 9.17) is 5.73 Å². The van der Waals surface area contributed by atoms with Gasteiger partial charge in [0.05, 0.1) is 11.5 Å². The van der Waals surface area contributed by atoms with E-state index in [0.717, 1.165) is 12.1 Å². The Balaban J connectivity index is 2.77. The van der Waals surface area contributed by atoms with Gasteiger partial charge in [0.1, 0.15) is 11.6 Å². The molecule has 1 amide bonds. The molecule has 0 aromatic heterocycles. The lowest BCUT2D eigenvalue weighted by Crippen LogP contribution is -2.32. The van der Waals surface area contributed by atoms with Crippen LogP contribution in [0.3, 0.4) is 0 Å². The second-order valence-electron chi connectivity index (χ2n) is 2.81. The number of nitrogens with two attached hydrogens (primary N) is 1. The van der Waals surface area contributed by atoms with Gasteiger partial charge in [-0.25, -0.2) is 8.78 Å². The maximum Gasteiger partial charge on any atom is 0.251 e. The van der Waals surface area contributed by atoms with E-state index in [1.54, 1.807) is 0 Å². The van der Waals surface area contributed by atoms with Crippen LogP contribution in [0.4, 0.5) is 8.78 Å². The average molecular weight is 230 g/mol. The van der Waals surface area contributed by atoms with Crippen molar-refractivity contribution < 1.29 is 13.6 Å². The van der Waals surface area contributed by atoms with Gasteiger partial charge < -0.3 is 11.1 Å². The Hall–Kier alpha value is -1.56. The number of hydrogen-bond donors (Lipinski definition) is 2. The molecule has 3 N–H and O–H groups in total. The van der Waals surface area contributed by atoms with E-state index in [-0.39, 0.29) is 17.1 Å². The van der Waals surface area contributed by atoms with E-state index in [1.807, 2.05) is 0 Å². The lowest BCUT2D eigenvalue weighted by Gasteiger charge is -2.03. The molecular weight excluding hydrogens is 222 g/mol. The molecule has 1 aromatic carbocycles. The summed E-state index contributed by atoms with van der Waals surface area (Å²) in [5.41, 5.74) is 5.04. The fourth-order valence-corrected chi connectivity index (χ4v) is 1.03. The molecule has 0 saturated carbocycles. The van der Waals surface area contributed by atoms with Crippen LogP contribution < -0.4 is 11.1 Å². The Morgan fingerprint density at radius 2 is 1.87 bits per heavy atom. The monoisotopic (exact) mass is 230 g/mol. The number of benzene rings is 1. The number of hydrogen-bond acceptors (Lipinski definition) is 2. The molecule has 0 radical (unpaired) electrons. The van der Waals surface area contributed by atoms with Crippen molar-refractivity contribution in [1.29, 1.82) is 0 Å². The van der Waals surface area contributed by atoms with Crippen molar-refractivity contribution in [2.24, 2.45) is 5.73 Å². The maximum absolute atomic E-state index is 12.7. The zero-order valence-corrected chi connectivity index (χ0v) is 8.41. The second-order valence-corrected chi connectivity index (χ2v) is 3.33. The van der Waals surface area contributed by atoms with E-state index in [0.29, 0.717) is 6.07 Å². The topological polar surface area (TPSA) is 55.1 Å². The van der Waals surface area contributed by atoms with Crippen molar-refractivity contribution in [2.45, 2.75) is 0 Å². The molecule has 0 heterocycles. The number of thiocarbonyl (C=S) groups is 1. The van der Waals surface area contributed by atoms with Crippen LogP contribution in [0, 0.1) is 11.6 Å². The minimum absolute atomic E-state index is 0.00764. The van der Waals surface area contributed by atoms with Gasteiger partial charge in [0, 0.05) is 11.6 Å². The first-order valence-electron chi connectivity index (χ1n) is 4.01. The highest BCUT2D eigenvalue weighted by Crippen LogP contribution is 2.07. The highest BCUT2D eigenvalue weighted by molar-refractivity contribution is 7.80.